The summed E-state index contributed by atoms with van der Waals surface area (Å²) in [6, 6.07) is 3.82. The van der Waals surface area contributed by atoms with Crippen LogP contribution in [-0.2, 0) is 4.74 Å². The SMILES string of the molecule is CC(C)(C)OC(=O)NCC1CCCC1NCC(O)c1ccco1. The Bertz CT molecular complexity index is 481. The highest BCUT2D eigenvalue weighted by atomic mass is 16.6. The number of aliphatic hydroxyl groups is 1. The highest BCUT2D eigenvalue weighted by Crippen LogP contribution is 2.26. The van der Waals surface area contributed by atoms with E-state index in [1.165, 1.54) is 0 Å². The highest BCUT2D eigenvalue weighted by molar-refractivity contribution is 5.67. The zero-order chi connectivity index (χ0) is 16.9. The van der Waals surface area contributed by atoms with Crippen LogP contribution >= 0.6 is 0 Å². The van der Waals surface area contributed by atoms with E-state index in [4.69, 9.17) is 9.15 Å². The average molecular weight is 324 g/mol. The molecule has 130 valence electrons. The number of hydrogen-bond donors (Lipinski definition) is 3. The molecule has 1 aromatic rings. The first-order valence-corrected chi connectivity index (χ1v) is 8.27. The van der Waals surface area contributed by atoms with Gasteiger partial charge in [0.05, 0.1) is 6.26 Å². The van der Waals surface area contributed by atoms with Crippen LogP contribution in [0.25, 0.3) is 0 Å². The van der Waals surface area contributed by atoms with E-state index in [1.807, 2.05) is 20.8 Å². The van der Waals surface area contributed by atoms with Gasteiger partial charge in [-0.05, 0) is 51.7 Å². The molecule has 23 heavy (non-hydrogen) atoms. The number of ether oxygens (including phenoxy) is 1. The monoisotopic (exact) mass is 324 g/mol. The van der Waals surface area contributed by atoms with Gasteiger partial charge < -0.3 is 24.9 Å². The normalized spacial score (nSPS) is 22.8. The second-order valence-corrected chi connectivity index (χ2v) is 7.12. The molecule has 1 fully saturated rings. The van der Waals surface area contributed by atoms with Gasteiger partial charge in [0.2, 0.25) is 0 Å². The molecule has 2 rings (SSSR count). The highest BCUT2D eigenvalue weighted by Gasteiger charge is 2.28. The number of aliphatic hydroxyl groups excluding tert-OH is 1. The standard InChI is InChI=1S/C17H28N2O4/c1-17(2,3)23-16(21)19-10-12-6-4-7-13(12)18-11-14(20)15-8-5-9-22-15/h5,8-9,12-14,18,20H,4,6-7,10-11H2,1-3H3,(H,19,21). The minimum atomic E-state index is -0.648. The topological polar surface area (TPSA) is 83.7 Å². The zero-order valence-electron chi connectivity index (χ0n) is 14.2. The third kappa shape index (κ3) is 5.88. The first-order valence-electron chi connectivity index (χ1n) is 8.27. The first-order chi connectivity index (χ1) is 10.8. The third-order valence-electron chi connectivity index (χ3n) is 4.01. The summed E-state index contributed by atoms with van der Waals surface area (Å²) in [5.41, 5.74) is -0.482. The predicted octanol–water partition coefficient (Wildman–Crippen LogP) is 2.60. The van der Waals surface area contributed by atoms with Crippen molar-refractivity contribution in [1.82, 2.24) is 10.6 Å². The Balaban J connectivity index is 1.73. The fourth-order valence-electron chi connectivity index (χ4n) is 2.92. The van der Waals surface area contributed by atoms with Crippen LogP contribution in [-0.4, -0.2) is 35.9 Å². The van der Waals surface area contributed by atoms with Crippen LogP contribution in [0, 0.1) is 5.92 Å². The third-order valence-corrected chi connectivity index (χ3v) is 4.01. The lowest BCUT2D eigenvalue weighted by Crippen LogP contribution is -2.42. The smallest absolute Gasteiger partial charge is 0.407 e. The largest absolute Gasteiger partial charge is 0.467 e. The molecule has 6 nitrogen and oxygen atoms in total. The molecule has 3 unspecified atom stereocenters. The van der Waals surface area contributed by atoms with E-state index < -0.39 is 11.7 Å². The van der Waals surface area contributed by atoms with Crippen LogP contribution in [0.15, 0.2) is 22.8 Å². The Kier molecular flexibility index (Phi) is 6.07. The Morgan fingerprint density at radius 1 is 1.48 bits per heavy atom. The maximum Gasteiger partial charge on any atom is 0.407 e. The number of furan rings is 1. The molecule has 1 saturated carbocycles. The molecule has 0 aromatic carbocycles. The Morgan fingerprint density at radius 3 is 2.91 bits per heavy atom. The number of carbonyl (C=O) groups excluding carboxylic acids is 1. The lowest BCUT2D eigenvalue weighted by atomic mass is 10.0. The molecule has 1 aliphatic rings. The van der Waals surface area contributed by atoms with E-state index >= 15 is 0 Å². The zero-order valence-corrected chi connectivity index (χ0v) is 14.2. The van der Waals surface area contributed by atoms with Crippen molar-refractivity contribution in [2.75, 3.05) is 13.1 Å². The van der Waals surface area contributed by atoms with Crippen LogP contribution in [0.4, 0.5) is 4.79 Å². The van der Waals surface area contributed by atoms with Gasteiger partial charge >= 0.3 is 6.09 Å². The van der Waals surface area contributed by atoms with Gasteiger partial charge in [-0.1, -0.05) is 6.42 Å². The van der Waals surface area contributed by atoms with E-state index in [0.717, 1.165) is 19.3 Å². The van der Waals surface area contributed by atoms with Crippen molar-refractivity contribution in [3.63, 3.8) is 0 Å². The van der Waals surface area contributed by atoms with Crippen molar-refractivity contribution in [2.45, 2.75) is 57.8 Å². The molecular formula is C17H28N2O4. The van der Waals surface area contributed by atoms with Crippen molar-refractivity contribution in [1.29, 1.82) is 0 Å². The van der Waals surface area contributed by atoms with E-state index in [2.05, 4.69) is 10.6 Å². The fourth-order valence-corrected chi connectivity index (χ4v) is 2.92. The molecule has 1 aliphatic carbocycles. The second kappa shape index (κ2) is 7.84. The summed E-state index contributed by atoms with van der Waals surface area (Å²) < 4.78 is 10.5. The lowest BCUT2D eigenvalue weighted by Gasteiger charge is -2.24. The van der Waals surface area contributed by atoms with E-state index in [1.54, 1.807) is 18.4 Å². The van der Waals surface area contributed by atoms with Gasteiger partial charge in [0.1, 0.15) is 17.5 Å². The summed E-state index contributed by atoms with van der Waals surface area (Å²) in [5, 5.41) is 16.3. The minimum Gasteiger partial charge on any atom is -0.467 e. The molecule has 3 N–H and O–H groups in total. The van der Waals surface area contributed by atoms with Gasteiger partial charge in [0.25, 0.3) is 0 Å². The van der Waals surface area contributed by atoms with Gasteiger partial charge in [-0.25, -0.2) is 4.79 Å². The maximum absolute atomic E-state index is 11.7. The molecule has 0 aliphatic heterocycles. The summed E-state index contributed by atoms with van der Waals surface area (Å²) in [7, 11) is 0. The molecule has 3 atom stereocenters. The summed E-state index contributed by atoms with van der Waals surface area (Å²) >= 11 is 0. The molecule has 1 amide bonds. The van der Waals surface area contributed by atoms with E-state index in [0.29, 0.717) is 24.8 Å². The molecule has 1 aromatic heterocycles. The molecular weight excluding hydrogens is 296 g/mol. The molecule has 0 radical (unpaired) electrons. The first kappa shape index (κ1) is 17.8. The number of alkyl carbamates (subject to hydrolysis) is 1. The molecule has 1 heterocycles. The Hall–Kier alpha value is -1.53. The van der Waals surface area contributed by atoms with Crippen LogP contribution < -0.4 is 10.6 Å². The lowest BCUT2D eigenvalue weighted by molar-refractivity contribution is 0.0516. The maximum atomic E-state index is 11.7. The summed E-state index contributed by atoms with van der Waals surface area (Å²) in [5.74, 6) is 0.922. The van der Waals surface area contributed by atoms with Crippen molar-refractivity contribution in [2.24, 2.45) is 5.92 Å². The van der Waals surface area contributed by atoms with Gasteiger partial charge in [-0.15, -0.1) is 0 Å². The second-order valence-electron chi connectivity index (χ2n) is 7.12. The average Bonchev–Trinajstić information content (AvgIpc) is 3.12. The summed E-state index contributed by atoms with van der Waals surface area (Å²) in [4.78, 5) is 11.7. The molecule has 0 bridgehead atoms. The molecule has 6 heteroatoms. The van der Waals surface area contributed by atoms with Gasteiger partial charge in [-0.3, -0.25) is 0 Å². The number of rotatable bonds is 6. The van der Waals surface area contributed by atoms with Gasteiger partial charge in [0, 0.05) is 19.1 Å². The van der Waals surface area contributed by atoms with Gasteiger partial charge in [-0.2, -0.15) is 0 Å². The van der Waals surface area contributed by atoms with E-state index in [-0.39, 0.29) is 12.1 Å². The van der Waals surface area contributed by atoms with Crippen molar-refractivity contribution < 1.29 is 19.1 Å². The Labute approximate surface area is 137 Å². The molecule has 0 spiro atoms. The van der Waals surface area contributed by atoms with Crippen molar-refractivity contribution >= 4 is 6.09 Å². The van der Waals surface area contributed by atoms with Crippen molar-refractivity contribution in [3.05, 3.63) is 24.2 Å². The van der Waals surface area contributed by atoms with E-state index in [9.17, 15) is 9.90 Å². The molecule has 0 saturated heterocycles. The quantitative estimate of drug-likeness (QED) is 0.749. The number of hydrogen-bond acceptors (Lipinski definition) is 5. The van der Waals surface area contributed by atoms with Gasteiger partial charge in [0.15, 0.2) is 0 Å². The minimum absolute atomic E-state index is 0.287. The van der Waals surface area contributed by atoms with Crippen LogP contribution in [0.1, 0.15) is 51.9 Å². The van der Waals surface area contributed by atoms with Crippen LogP contribution in [0.5, 0.6) is 0 Å². The number of carbonyl (C=O) groups is 1. The predicted molar refractivity (Wildman–Crippen MR) is 87.0 cm³/mol. The summed E-state index contributed by atoms with van der Waals surface area (Å²) in [6.45, 7) is 6.58. The summed E-state index contributed by atoms with van der Waals surface area (Å²) in [6.07, 6.45) is 3.76. The number of amides is 1. The number of nitrogens with one attached hydrogen (secondary N) is 2. The Morgan fingerprint density at radius 2 is 2.26 bits per heavy atom. The fraction of sp³-hybridized carbons (Fsp3) is 0.706. The van der Waals surface area contributed by atoms with Crippen LogP contribution in [0.3, 0.4) is 0 Å². The van der Waals surface area contributed by atoms with Crippen molar-refractivity contribution in [3.8, 4) is 0 Å². The van der Waals surface area contributed by atoms with Crippen LogP contribution in [0.2, 0.25) is 0 Å².